The van der Waals surface area contributed by atoms with Gasteiger partial charge in [-0.3, -0.25) is 0 Å². The van der Waals surface area contributed by atoms with Gasteiger partial charge in [0.2, 0.25) is 0 Å². The largest absolute Gasteiger partial charge is 0.0836 e. The van der Waals surface area contributed by atoms with Crippen LogP contribution in [0.1, 0.15) is 12.0 Å². The summed E-state index contributed by atoms with van der Waals surface area (Å²) in [6, 6.07) is 56.0. The predicted octanol–water partition coefficient (Wildman–Crippen LogP) is 8.28. The van der Waals surface area contributed by atoms with E-state index >= 15 is 0 Å². The molecule has 0 N–H and O–H groups in total. The van der Waals surface area contributed by atoms with Crippen molar-refractivity contribution in [2.24, 2.45) is 5.41 Å². The van der Waals surface area contributed by atoms with E-state index in [0.717, 1.165) is 18.7 Å². The average molecular weight is 553 g/mol. The van der Waals surface area contributed by atoms with E-state index in [4.69, 9.17) is 0 Å². The Morgan fingerprint density at radius 1 is 0.450 bits per heavy atom. The molecule has 0 amide bonds. The van der Waals surface area contributed by atoms with Gasteiger partial charge in [0.15, 0.2) is 0 Å². The van der Waals surface area contributed by atoms with Gasteiger partial charge in [0, 0.05) is 5.41 Å². The summed E-state index contributed by atoms with van der Waals surface area (Å²) in [5, 5.41) is 5.81. The van der Waals surface area contributed by atoms with Crippen LogP contribution >= 0.6 is 15.8 Å². The lowest BCUT2D eigenvalue weighted by molar-refractivity contribution is 0.523. The van der Waals surface area contributed by atoms with Crippen molar-refractivity contribution in [3.63, 3.8) is 0 Å². The Morgan fingerprint density at radius 3 is 1.18 bits per heavy atom. The number of hydrogen-bond donors (Lipinski definition) is 0. The number of rotatable bonds is 9. The standard InChI is InChI=1S/C38H34P2/c1-6-18-32(19-7-1)37-28-16-17-29-38(37,30-39(33-20-8-2-9-21-33)34-22-10-3-11-23-34)31-40(35-24-12-4-13-25-35)36-26-14-5-15-27-36/h1-28H,29-31H2. The molecule has 0 heterocycles. The van der Waals surface area contributed by atoms with E-state index in [1.54, 1.807) is 0 Å². The molecule has 5 aromatic carbocycles. The van der Waals surface area contributed by atoms with Crippen LogP contribution in [0.3, 0.4) is 0 Å². The molecule has 0 radical (unpaired) electrons. The van der Waals surface area contributed by atoms with Gasteiger partial charge in [-0.1, -0.05) is 170 Å². The lowest BCUT2D eigenvalue weighted by atomic mass is 9.75. The Bertz CT molecular complexity index is 1380. The fourth-order valence-electron chi connectivity index (χ4n) is 5.81. The zero-order chi connectivity index (χ0) is 27.0. The van der Waals surface area contributed by atoms with Gasteiger partial charge in [-0.05, 0) is 66.9 Å². The molecule has 6 rings (SSSR count). The van der Waals surface area contributed by atoms with Gasteiger partial charge in [-0.25, -0.2) is 0 Å². The zero-order valence-electron chi connectivity index (χ0n) is 22.7. The molecule has 40 heavy (non-hydrogen) atoms. The SMILES string of the molecule is C1=CCC(CP(c2ccccc2)c2ccccc2)(CP(c2ccccc2)c2ccccc2)C(c2ccccc2)=C1. The smallest absolute Gasteiger partial charge is 0.00838 e. The van der Waals surface area contributed by atoms with Gasteiger partial charge in [-0.15, -0.1) is 0 Å². The number of allylic oxidation sites excluding steroid dienone is 4. The lowest BCUT2D eigenvalue weighted by Gasteiger charge is -2.43. The molecular formula is C38H34P2. The van der Waals surface area contributed by atoms with E-state index < -0.39 is 15.8 Å². The van der Waals surface area contributed by atoms with Crippen molar-refractivity contribution in [2.75, 3.05) is 12.3 Å². The average Bonchev–Trinajstić information content (AvgIpc) is 3.05. The number of benzene rings is 5. The van der Waals surface area contributed by atoms with E-state index in [0.29, 0.717) is 0 Å². The summed E-state index contributed by atoms with van der Waals surface area (Å²) < 4.78 is 0. The van der Waals surface area contributed by atoms with Gasteiger partial charge in [-0.2, -0.15) is 0 Å². The summed E-state index contributed by atoms with van der Waals surface area (Å²) in [5.41, 5.74) is 2.82. The highest BCUT2D eigenvalue weighted by molar-refractivity contribution is 7.74. The Hall–Kier alpha value is -3.56. The second-order valence-electron chi connectivity index (χ2n) is 10.4. The summed E-state index contributed by atoms with van der Waals surface area (Å²) >= 11 is 0. The molecule has 0 aliphatic heterocycles. The molecule has 0 saturated heterocycles. The molecule has 5 aromatic rings. The fourth-order valence-corrected chi connectivity index (χ4v) is 11.5. The third kappa shape index (κ3) is 5.95. The van der Waals surface area contributed by atoms with E-state index in [2.05, 4.69) is 170 Å². The van der Waals surface area contributed by atoms with Crippen molar-refractivity contribution in [2.45, 2.75) is 6.42 Å². The molecule has 2 heteroatoms. The highest BCUT2D eigenvalue weighted by atomic mass is 31.1. The van der Waals surface area contributed by atoms with Crippen LogP contribution < -0.4 is 21.2 Å². The third-order valence-corrected chi connectivity index (χ3v) is 13.3. The normalized spacial score (nSPS) is 14.3. The quantitative estimate of drug-likeness (QED) is 0.162. The van der Waals surface area contributed by atoms with Crippen LogP contribution in [0.25, 0.3) is 5.57 Å². The van der Waals surface area contributed by atoms with Crippen LogP contribution in [0.15, 0.2) is 170 Å². The van der Waals surface area contributed by atoms with E-state index in [9.17, 15) is 0 Å². The Balaban J connectivity index is 1.52. The first-order valence-corrected chi connectivity index (χ1v) is 17.1. The van der Waals surface area contributed by atoms with Crippen LogP contribution in [0.2, 0.25) is 0 Å². The topological polar surface area (TPSA) is 0 Å². The second kappa shape index (κ2) is 12.7. The minimum absolute atomic E-state index is 0.00905. The van der Waals surface area contributed by atoms with E-state index in [1.165, 1.54) is 32.4 Å². The Labute approximate surface area is 241 Å². The molecule has 0 bridgehead atoms. The fraction of sp³-hybridized carbons (Fsp3) is 0.105. The van der Waals surface area contributed by atoms with Crippen LogP contribution in [0.4, 0.5) is 0 Å². The van der Waals surface area contributed by atoms with Crippen LogP contribution in [0.5, 0.6) is 0 Å². The predicted molar refractivity (Wildman–Crippen MR) is 178 cm³/mol. The van der Waals surface area contributed by atoms with Crippen LogP contribution in [-0.2, 0) is 0 Å². The highest BCUT2D eigenvalue weighted by Gasteiger charge is 2.41. The summed E-state index contributed by atoms with van der Waals surface area (Å²) in [7, 11) is -1.14. The molecule has 1 aliphatic carbocycles. The molecule has 196 valence electrons. The van der Waals surface area contributed by atoms with Crippen molar-refractivity contribution in [1.82, 2.24) is 0 Å². The maximum absolute atomic E-state index is 2.42. The monoisotopic (exact) mass is 552 g/mol. The molecule has 0 unspecified atom stereocenters. The van der Waals surface area contributed by atoms with Crippen molar-refractivity contribution < 1.29 is 0 Å². The van der Waals surface area contributed by atoms with Crippen LogP contribution in [0, 0.1) is 5.41 Å². The summed E-state index contributed by atoms with van der Waals surface area (Å²) in [6.07, 6.45) is 10.4. The highest BCUT2D eigenvalue weighted by Crippen LogP contribution is 2.55. The Kier molecular flexibility index (Phi) is 8.49. The first-order valence-electron chi connectivity index (χ1n) is 14.0. The molecule has 0 nitrogen and oxygen atoms in total. The van der Waals surface area contributed by atoms with Crippen LogP contribution in [-0.4, -0.2) is 12.3 Å². The van der Waals surface area contributed by atoms with Gasteiger partial charge in [0.1, 0.15) is 0 Å². The summed E-state index contributed by atoms with van der Waals surface area (Å²) in [5.74, 6) is 0. The first kappa shape index (κ1) is 26.7. The van der Waals surface area contributed by atoms with Crippen molar-refractivity contribution in [1.29, 1.82) is 0 Å². The van der Waals surface area contributed by atoms with Crippen molar-refractivity contribution in [3.05, 3.63) is 175 Å². The maximum Gasteiger partial charge on any atom is 0.00838 e. The third-order valence-electron chi connectivity index (χ3n) is 7.76. The molecule has 1 aliphatic rings. The maximum atomic E-state index is 2.42. The first-order chi connectivity index (χ1) is 19.8. The number of hydrogen-bond acceptors (Lipinski definition) is 0. The van der Waals surface area contributed by atoms with E-state index in [-0.39, 0.29) is 5.41 Å². The molecule has 0 spiro atoms. The van der Waals surface area contributed by atoms with Gasteiger partial charge < -0.3 is 0 Å². The molecule has 0 atom stereocenters. The lowest BCUT2D eigenvalue weighted by Crippen LogP contribution is -2.36. The van der Waals surface area contributed by atoms with Crippen molar-refractivity contribution >= 4 is 42.6 Å². The van der Waals surface area contributed by atoms with E-state index in [1.807, 2.05) is 0 Å². The minimum atomic E-state index is -0.572. The summed E-state index contributed by atoms with van der Waals surface area (Å²) in [4.78, 5) is 0. The van der Waals surface area contributed by atoms with Gasteiger partial charge in [0.05, 0.1) is 0 Å². The zero-order valence-corrected chi connectivity index (χ0v) is 24.5. The molecule has 0 fully saturated rings. The van der Waals surface area contributed by atoms with Gasteiger partial charge in [0.25, 0.3) is 0 Å². The summed E-state index contributed by atoms with van der Waals surface area (Å²) in [6.45, 7) is 0. The second-order valence-corrected chi connectivity index (χ2v) is 14.8. The molecule has 0 aromatic heterocycles. The molecular weight excluding hydrogens is 518 g/mol. The van der Waals surface area contributed by atoms with Gasteiger partial charge >= 0.3 is 0 Å². The Morgan fingerprint density at radius 2 is 0.800 bits per heavy atom. The van der Waals surface area contributed by atoms with Crippen molar-refractivity contribution in [3.8, 4) is 0 Å². The minimum Gasteiger partial charge on any atom is -0.0836 e. The molecule has 0 saturated carbocycles.